The average Bonchev–Trinajstić information content (AvgIpc) is 3.00. The molecule has 1 heterocycles. The van der Waals surface area contributed by atoms with Crippen LogP contribution >= 0.6 is 0 Å². The van der Waals surface area contributed by atoms with Gasteiger partial charge in [0.1, 0.15) is 5.75 Å². The normalized spacial score (nSPS) is 13.7. The average molecular weight is 353 g/mol. The largest absolute Gasteiger partial charge is 0.465 e. The fraction of sp³-hybridized carbons (Fsp3) is 0.158. The molecule has 3 rings (SSSR count). The van der Waals surface area contributed by atoms with E-state index in [4.69, 9.17) is 4.74 Å². The van der Waals surface area contributed by atoms with Gasteiger partial charge >= 0.3 is 11.9 Å². The summed E-state index contributed by atoms with van der Waals surface area (Å²) in [6.07, 6.45) is 0.397. The Balaban J connectivity index is 1.69. The molecule has 0 radical (unpaired) electrons. The fourth-order valence-corrected chi connectivity index (χ4v) is 2.55. The first kappa shape index (κ1) is 17.3. The fourth-order valence-electron chi connectivity index (χ4n) is 2.55. The maximum absolute atomic E-state index is 12.2. The Kier molecular flexibility index (Phi) is 4.79. The molecule has 1 aliphatic heterocycles. The van der Waals surface area contributed by atoms with Gasteiger partial charge in [-0.3, -0.25) is 14.5 Å². The molecule has 1 aliphatic rings. The number of methoxy groups -OCH3 is 1. The highest BCUT2D eigenvalue weighted by Crippen LogP contribution is 2.23. The first-order valence-corrected chi connectivity index (χ1v) is 7.86. The molecule has 132 valence electrons. The highest BCUT2D eigenvalue weighted by atomic mass is 16.5. The van der Waals surface area contributed by atoms with Crippen molar-refractivity contribution in [3.8, 4) is 5.75 Å². The molecule has 7 nitrogen and oxygen atoms in total. The quantitative estimate of drug-likeness (QED) is 0.476. The van der Waals surface area contributed by atoms with Crippen LogP contribution in [0.15, 0.2) is 48.5 Å². The number of ether oxygens (including phenoxy) is 2. The zero-order valence-corrected chi connectivity index (χ0v) is 13.9. The Morgan fingerprint density at radius 1 is 0.808 bits per heavy atom. The number of imide groups is 1. The number of hydrogen-bond donors (Lipinski definition) is 0. The zero-order valence-electron chi connectivity index (χ0n) is 13.9. The lowest BCUT2D eigenvalue weighted by Gasteiger charge is -2.14. The minimum atomic E-state index is -0.596. The van der Waals surface area contributed by atoms with Gasteiger partial charge in [-0.05, 0) is 48.5 Å². The van der Waals surface area contributed by atoms with Gasteiger partial charge in [0, 0.05) is 12.8 Å². The lowest BCUT2D eigenvalue weighted by molar-refractivity contribution is -0.121. The number of benzene rings is 2. The maximum Gasteiger partial charge on any atom is 0.343 e. The van der Waals surface area contributed by atoms with Gasteiger partial charge in [0.2, 0.25) is 11.8 Å². The molecule has 1 saturated heterocycles. The van der Waals surface area contributed by atoms with Crippen molar-refractivity contribution >= 4 is 29.4 Å². The molecule has 0 N–H and O–H groups in total. The van der Waals surface area contributed by atoms with Crippen molar-refractivity contribution < 1.29 is 28.7 Å². The molecule has 0 aliphatic carbocycles. The second kappa shape index (κ2) is 7.18. The Morgan fingerprint density at radius 3 is 1.85 bits per heavy atom. The first-order chi connectivity index (χ1) is 12.5. The number of rotatable bonds is 4. The van der Waals surface area contributed by atoms with E-state index in [1.165, 1.54) is 55.6 Å². The Labute approximate surface area is 149 Å². The summed E-state index contributed by atoms with van der Waals surface area (Å²) in [6, 6.07) is 12.0. The molecule has 1 fully saturated rings. The minimum Gasteiger partial charge on any atom is -0.465 e. The van der Waals surface area contributed by atoms with Gasteiger partial charge in [-0.25, -0.2) is 9.59 Å². The summed E-state index contributed by atoms with van der Waals surface area (Å²) in [7, 11) is 1.28. The van der Waals surface area contributed by atoms with Gasteiger partial charge in [-0.15, -0.1) is 0 Å². The summed E-state index contributed by atoms with van der Waals surface area (Å²) in [4.78, 5) is 48.1. The van der Waals surface area contributed by atoms with Crippen LogP contribution in [-0.2, 0) is 14.3 Å². The SMILES string of the molecule is COC(=O)c1ccc(OC(=O)c2ccc(N3C(=O)CCC3=O)cc2)cc1. The van der Waals surface area contributed by atoms with Crippen LogP contribution in [0.25, 0.3) is 0 Å². The molecule has 7 heteroatoms. The van der Waals surface area contributed by atoms with Gasteiger partial charge in [0.05, 0.1) is 23.9 Å². The van der Waals surface area contributed by atoms with E-state index in [0.717, 1.165) is 4.90 Å². The molecule has 0 aromatic heterocycles. The van der Waals surface area contributed by atoms with Crippen LogP contribution in [0.5, 0.6) is 5.75 Å². The lowest BCUT2D eigenvalue weighted by atomic mass is 10.2. The second-order valence-electron chi connectivity index (χ2n) is 5.58. The van der Waals surface area contributed by atoms with Crippen LogP contribution in [0, 0.1) is 0 Å². The summed E-state index contributed by atoms with van der Waals surface area (Å²) in [5.41, 5.74) is 1.04. The van der Waals surface area contributed by atoms with Crippen molar-refractivity contribution in [3.05, 3.63) is 59.7 Å². The third kappa shape index (κ3) is 3.46. The number of anilines is 1. The second-order valence-corrected chi connectivity index (χ2v) is 5.58. The molecular formula is C19H15NO6. The van der Waals surface area contributed by atoms with Crippen molar-refractivity contribution in [2.75, 3.05) is 12.0 Å². The summed E-state index contributed by atoms with van der Waals surface area (Å²) in [6.45, 7) is 0. The Hall–Kier alpha value is -3.48. The molecule has 0 atom stereocenters. The van der Waals surface area contributed by atoms with E-state index in [9.17, 15) is 19.2 Å². The zero-order chi connectivity index (χ0) is 18.7. The number of esters is 2. The topological polar surface area (TPSA) is 90.0 Å². The molecular weight excluding hydrogens is 338 g/mol. The predicted molar refractivity (Wildman–Crippen MR) is 90.9 cm³/mol. The smallest absolute Gasteiger partial charge is 0.343 e. The van der Waals surface area contributed by atoms with Crippen LogP contribution in [0.3, 0.4) is 0 Å². The highest BCUT2D eigenvalue weighted by molar-refractivity contribution is 6.19. The highest BCUT2D eigenvalue weighted by Gasteiger charge is 2.30. The van der Waals surface area contributed by atoms with E-state index in [-0.39, 0.29) is 36.0 Å². The van der Waals surface area contributed by atoms with Crippen LogP contribution < -0.4 is 9.64 Å². The standard InChI is InChI=1S/C19H15NO6/c1-25-18(23)12-4-8-15(9-5-12)26-19(24)13-2-6-14(7-3-13)20-16(21)10-11-17(20)22/h2-9H,10-11H2,1H3. The van der Waals surface area contributed by atoms with E-state index in [2.05, 4.69) is 4.74 Å². The molecule has 0 saturated carbocycles. The number of carbonyl (C=O) groups is 4. The van der Waals surface area contributed by atoms with E-state index >= 15 is 0 Å². The molecule has 0 spiro atoms. The van der Waals surface area contributed by atoms with E-state index in [1.54, 1.807) is 0 Å². The molecule has 2 aromatic rings. The van der Waals surface area contributed by atoms with Gasteiger partial charge in [-0.1, -0.05) is 0 Å². The van der Waals surface area contributed by atoms with Crippen molar-refractivity contribution in [1.29, 1.82) is 0 Å². The van der Waals surface area contributed by atoms with E-state index in [0.29, 0.717) is 11.3 Å². The van der Waals surface area contributed by atoms with Gasteiger partial charge < -0.3 is 9.47 Å². The number of amides is 2. The molecule has 2 amide bonds. The third-order valence-corrected chi connectivity index (χ3v) is 3.90. The van der Waals surface area contributed by atoms with Crippen molar-refractivity contribution in [1.82, 2.24) is 0 Å². The van der Waals surface area contributed by atoms with Crippen molar-refractivity contribution in [2.45, 2.75) is 12.8 Å². The van der Waals surface area contributed by atoms with Crippen LogP contribution in [0.4, 0.5) is 5.69 Å². The maximum atomic E-state index is 12.2. The Bertz CT molecular complexity index is 854. The van der Waals surface area contributed by atoms with Crippen LogP contribution in [0.1, 0.15) is 33.6 Å². The van der Waals surface area contributed by atoms with E-state index in [1.807, 2.05) is 0 Å². The summed E-state index contributed by atoms with van der Waals surface area (Å²) < 4.78 is 9.83. The van der Waals surface area contributed by atoms with Gasteiger partial charge in [-0.2, -0.15) is 0 Å². The number of nitrogens with zero attached hydrogens (tertiary/aromatic N) is 1. The number of carbonyl (C=O) groups excluding carboxylic acids is 4. The van der Waals surface area contributed by atoms with Crippen molar-refractivity contribution in [3.63, 3.8) is 0 Å². The predicted octanol–water partition coefficient (Wildman–Crippen LogP) is 2.35. The molecule has 2 aromatic carbocycles. The molecule has 0 unspecified atom stereocenters. The molecule has 0 bridgehead atoms. The molecule has 26 heavy (non-hydrogen) atoms. The minimum absolute atomic E-state index is 0.199. The lowest BCUT2D eigenvalue weighted by Crippen LogP contribution is -2.28. The summed E-state index contributed by atoms with van der Waals surface area (Å²) >= 11 is 0. The van der Waals surface area contributed by atoms with Crippen molar-refractivity contribution in [2.24, 2.45) is 0 Å². The Morgan fingerprint density at radius 2 is 1.31 bits per heavy atom. The van der Waals surface area contributed by atoms with Crippen LogP contribution in [0.2, 0.25) is 0 Å². The summed E-state index contributed by atoms with van der Waals surface area (Å²) in [5, 5.41) is 0. The number of hydrogen-bond acceptors (Lipinski definition) is 6. The first-order valence-electron chi connectivity index (χ1n) is 7.86. The summed E-state index contributed by atoms with van der Waals surface area (Å²) in [5.74, 6) is -1.31. The van der Waals surface area contributed by atoms with Crippen LogP contribution in [-0.4, -0.2) is 30.9 Å². The van der Waals surface area contributed by atoms with E-state index < -0.39 is 11.9 Å². The monoisotopic (exact) mass is 353 g/mol. The van der Waals surface area contributed by atoms with Gasteiger partial charge in [0.15, 0.2) is 0 Å². The third-order valence-electron chi connectivity index (χ3n) is 3.90. The van der Waals surface area contributed by atoms with Gasteiger partial charge in [0.25, 0.3) is 0 Å².